The van der Waals surface area contributed by atoms with Crippen molar-refractivity contribution in [3.63, 3.8) is 0 Å². The van der Waals surface area contributed by atoms with Gasteiger partial charge in [0.2, 0.25) is 0 Å². The Morgan fingerprint density at radius 2 is 2.32 bits per heavy atom. The van der Waals surface area contributed by atoms with E-state index in [9.17, 15) is 4.79 Å². The lowest BCUT2D eigenvalue weighted by Crippen LogP contribution is -2.13. The highest BCUT2D eigenvalue weighted by molar-refractivity contribution is 9.10. The third-order valence-electron chi connectivity index (χ3n) is 3.42. The zero-order valence-corrected chi connectivity index (χ0v) is 12.0. The van der Waals surface area contributed by atoms with E-state index in [1.807, 2.05) is 18.2 Å². The molecule has 0 saturated carbocycles. The molecule has 5 nitrogen and oxygen atoms in total. The molecule has 1 aliphatic heterocycles. The van der Waals surface area contributed by atoms with Crippen LogP contribution in [0.2, 0.25) is 0 Å². The summed E-state index contributed by atoms with van der Waals surface area (Å²) in [5.74, 6) is 0.272. The molecule has 6 heteroatoms. The van der Waals surface area contributed by atoms with Crippen LogP contribution in [0, 0.1) is 0 Å². The van der Waals surface area contributed by atoms with Gasteiger partial charge >= 0.3 is 0 Å². The number of benzene rings is 1. The predicted octanol–water partition coefficient (Wildman–Crippen LogP) is 2.36. The van der Waals surface area contributed by atoms with E-state index >= 15 is 0 Å². The average Bonchev–Trinajstić information content (AvgIpc) is 2.94. The van der Waals surface area contributed by atoms with Crippen molar-refractivity contribution in [2.45, 2.75) is 12.3 Å². The molecule has 1 aliphatic rings. The number of halogens is 1. The van der Waals surface area contributed by atoms with Crippen LogP contribution < -0.4 is 5.32 Å². The number of para-hydroxylation sites is 1. The standard InChI is InChI=1S/C13H13BrN4O/c1-18-12(13(14)16-17-18)11(19)6-8-7-15-10-5-3-2-4-9(8)10/h2-5,8,15H,6-7H2,1H3. The summed E-state index contributed by atoms with van der Waals surface area (Å²) in [4.78, 5) is 12.4. The molecule has 1 aromatic heterocycles. The summed E-state index contributed by atoms with van der Waals surface area (Å²) in [6.45, 7) is 0.800. The van der Waals surface area contributed by atoms with Gasteiger partial charge in [-0.25, -0.2) is 4.68 Å². The number of aromatic nitrogens is 3. The smallest absolute Gasteiger partial charge is 0.184 e. The second-order valence-corrected chi connectivity index (χ2v) is 5.40. The summed E-state index contributed by atoms with van der Waals surface area (Å²) in [5.41, 5.74) is 2.87. The van der Waals surface area contributed by atoms with Gasteiger partial charge < -0.3 is 5.32 Å². The molecule has 1 atom stereocenters. The van der Waals surface area contributed by atoms with Crippen LogP contribution >= 0.6 is 15.9 Å². The number of hydrogen-bond donors (Lipinski definition) is 1. The van der Waals surface area contributed by atoms with Gasteiger partial charge in [0.1, 0.15) is 5.69 Å². The van der Waals surface area contributed by atoms with Crippen molar-refractivity contribution in [1.29, 1.82) is 0 Å². The number of hydrogen-bond acceptors (Lipinski definition) is 4. The minimum Gasteiger partial charge on any atom is -0.384 e. The summed E-state index contributed by atoms with van der Waals surface area (Å²) in [6, 6.07) is 8.12. The molecular formula is C13H13BrN4O. The number of nitrogens with one attached hydrogen (secondary N) is 1. The number of carbonyl (C=O) groups is 1. The number of aryl methyl sites for hydroxylation is 1. The summed E-state index contributed by atoms with van der Waals surface area (Å²) in [5, 5.41) is 11.0. The molecule has 2 heterocycles. The molecule has 0 spiro atoms. The Morgan fingerprint density at radius 3 is 3.05 bits per heavy atom. The maximum absolute atomic E-state index is 12.4. The maximum Gasteiger partial charge on any atom is 0.184 e. The molecule has 1 aromatic carbocycles. The molecule has 3 rings (SSSR count). The second-order valence-electron chi connectivity index (χ2n) is 4.64. The van der Waals surface area contributed by atoms with Gasteiger partial charge in [0, 0.05) is 31.6 Å². The lowest BCUT2D eigenvalue weighted by Gasteiger charge is -2.09. The largest absolute Gasteiger partial charge is 0.384 e. The van der Waals surface area contributed by atoms with E-state index in [0.29, 0.717) is 16.7 Å². The molecular weight excluding hydrogens is 308 g/mol. The highest BCUT2D eigenvalue weighted by Gasteiger charge is 2.26. The summed E-state index contributed by atoms with van der Waals surface area (Å²) < 4.78 is 2.03. The quantitative estimate of drug-likeness (QED) is 0.882. The molecule has 19 heavy (non-hydrogen) atoms. The van der Waals surface area contributed by atoms with Crippen LogP contribution in [0.1, 0.15) is 28.4 Å². The highest BCUT2D eigenvalue weighted by Crippen LogP contribution is 2.34. The highest BCUT2D eigenvalue weighted by atomic mass is 79.9. The molecule has 98 valence electrons. The van der Waals surface area contributed by atoms with Crippen molar-refractivity contribution in [3.05, 3.63) is 40.1 Å². The third-order valence-corrected chi connectivity index (χ3v) is 3.96. The zero-order valence-electron chi connectivity index (χ0n) is 10.4. The van der Waals surface area contributed by atoms with E-state index in [0.717, 1.165) is 12.2 Å². The summed E-state index contributed by atoms with van der Waals surface area (Å²) in [7, 11) is 1.73. The number of carbonyl (C=O) groups excluding carboxylic acids is 1. The van der Waals surface area contributed by atoms with Crippen molar-refractivity contribution in [3.8, 4) is 0 Å². The monoisotopic (exact) mass is 320 g/mol. The molecule has 2 aromatic rings. The second kappa shape index (κ2) is 4.77. The van der Waals surface area contributed by atoms with Crippen LogP contribution in [-0.2, 0) is 7.05 Å². The Morgan fingerprint density at radius 1 is 1.53 bits per heavy atom. The topological polar surface area (TPSA) is 59.8 Å². The Hall–Kier alpha value is -1.69. The Kier molecular flexibility index (Phi) is 3.10. The van der Waals surface area contributed by atoms with E-state index in [-0.39, 0.29) is 11.7 Å². The van der Waals surface area contributed by atoms with Crippen molar-refractivity contribution in [2.75, 3.05) is 11.9 Å². The van der Waals surface area contributed by atoms with Crippen LogP contribution in [0.4, 0.5) is 5.69 Å². The minimum atomic E-state index is 0.0582. The predicted molar refractivity (Wildman–Crippen MR) is 75.3 cm³/mol. The lowest BCUT2D eigenvalue weighted by atomic mass is 9.95. The fourth-order valence-electron chi connectivity index (χ4n) is 2.49. The molecule has 0 fully saturated rings. The maximum atomic E-state index is 12.4. The van der Waals surface area contributed by atoms with Crippen LogP contribution in [0.15, 0.2) is 28.9 Å². The van der Waals surface area contributed by atoms with Gasteiger partial charge in [-0.05, 0) is 27.6 Å². The van der Waals surface area contributed by atoms with E-state index in [1.165, 1.54) is 10.2 Å². The molecule has 0 aliphatic carbocycles. The number of anilines is 1. The van der Waals surface area contributed by atoms with Crippen LogP contribution in [0.25, 0.3) is 0 Å². The van der Waals surface area contributed by atoms with E-state index in [1.54, 1.807) is 7.05 Å². The van der Waals surface area contributed by atoms with Crippen molar-refractivity contribution in [1.82, 2.24) is 15.0 Å². The average molecular weight is 321 g/mol. The molecule has 1 unspecified atom stereocenters. The van der Waals surface area contributed by atoms with Crippen LogP contribution in [0.3, 0.4) is 0 Å². The van der Waals surface area contributed by atoms with E-state index < -0.39 is 0 Å². The van der Waals surface area contributed by atoms with Gasteiger partial charge in [0.15, 0.2) is 10.4 Å². The van der Waals surface area contributed by atoms with Crippen molar-refractivity contribution < 1.29 is 4.79 Å². The normalized spacial score (nSPS) is 17.1. The minimum absolute atomic E-state index is 0.0582. The fraction of sp³-hybridized carbons (Fsp3) is 0.308. The number of rotatable bonds is 3. The Balaban J connectivity index is 1.82. The van der Waals surface area contributed by atoms with Gasteiger partial charge in [-0.2, -0.15) is 0 Å². The summed E-state index contributed by atoms with van der Waals surface area (Å²) in [6.07, 6.45) is 0.462. The molecule has 0 bridgehead atoms. The number of Topliss-reactive ketones (excluding diaryl/α,β-unsaturated/α-hetero) is 1. The molecule has 0 radical (unpaired) electrons. The summed E-state index contributed by atoms with van der Waals surface area (Å²) >= 11 is 3.27. The van der Waals surface area contributed by atoms with Gasteiger partial charge in [-0.15, -0.1) is 5.10 Å². The SMILES string of the molecule is Cn1nnc(Br)c1C(=O)CC1CNc2ccccc21. The number of fused-ring (bicyclic) bond motifs is 1. The molecule has 1 N–H and O–H groups in total. The molecule has 0 amide bonds. The Bertz CT molecular complexity index is 618. The number of ketones is 1. The van der Waals surface area contributed by atoms with Crippen molar-refractivity contribution >= 4 is 27.4 Å². The molecule has 0 saturated heterocycles. The first-order valence-electron chi connectivity index (χ1n) is 6.08. The first kappa shape index (κ1) is 12.3. The number of nitrogens with zero attached hydrogens (tertiary/aromatic N) is 3. The van der Waals surface area contributed by atoms with E-state index in [2.05, 4.69) is 37.6 Å². The Labute approximate surface area is 119 Å². The van der Waals surface area contributed by atoms with E-state index in [4.69, 9.17) is 0 Å². The zero-order chi connectivity index (χ0) is 13.4. The van der Waals surface area contributed by atoms with Crippen LogP contribution in [-0.4, -0.2) is 27.3 Å². The lowest BCUT2D eigenvalue weighted by molar-refractivity contribution is 0.0965. The first-order chi connectivity index (χ1) is 9.16. The van der Waals surface area contributed by atoms with Crippen LogP contribution in [0.5, 0.6) is 0 Å². The third kappa shape index (κ3) is 2.16. The fourth-order valence-corrected chi connectivity index (χ4v) is 3.04. The van der Waals surface area contributed by atoms with Gasteiger partial charge in [-0.3, -0.25) is 4.79 Å². The van der Waals surface area contributed by atoms with Gasteiger partial charge in [0.05, 0.1) is 0 Å². The first-order valence-corrected chi connectivity index (χ1v) is 6.87. The van der Waals surface area contributed by atoms with Crippen molar-refractivity contribution in [2.24, 2.45) is 7.05 Å². The van der Waals surface area contributed by atoms with Gasteiger partial charge in [0.25, 0.3) is 0 Å². The van der Waals surface area contributed by atoms with Gasteiger partial charge in [-0.1, -0.05) is 23.4 Å².